The van der Waals surface area contributed by atoms with Crippen LogP contribution in [0.1, 0.15) is 67.7 Å². The lowest BCUT2D eigenvalue weighted by Gasteiger charge is -2.42. The number of carbonyl (C=O) groups excluding carboxylic acids is 6. The molecular weight excluding hydrogens is 666 g/mol. The number of hydrogen-bond acceptors (Lipinski definition) is 13. The van der Waals surface area contributed by atoms with Crippen LogP contribution in [0.15, 0.2) is 42.6 Å². The first-order valence-electron chi connectivity index (χ1n) is 15.3. The van der Waals surface area contributed by atoms with Crippen molar-refractivity contribution in [3.63, 3.8) is 0 Å². The van der Waals surface area contributed by atoms with Crippen LogP contribution in [0.5, 0.6) is 0 Å². The number of benzene rings is 2. The molecule has 15 heteroatoms. The number of nitrogens with zero attached hydrogens (tertiary/aromatic N) is 1. The van der Waals surface area contributed by atoms with Gasteiger partial charge in [-0.15, -0.1) is 0 Å². The van der Waals surface area contributed by atoms with E-state index in [1.807, 2.05) is 0 Å². The van der Waals surface area contributed by atoms with Gasteiger partial charge in [0.2, 0.25) is 18.3 Å². The van der Waals surface area contributed by atoms with Gasteiger partial charge in [0, 0.05) is 44.8 Å². The van der Waals surface area contributed by atoms with Crippen LogP contribution in [-0.4, -0.2) is 83.2 Å². The highest BCUT2D eigenvalue weighted by Crippen LogP contribution is 2.42. The maximum Gasteiger partial charge on any atom is 0.342 e. The molecule has 1 saturated heterocycles. The first kappa shape index (κ1) is 35.5. The summed E-state index contributed by atoms with van der Waals surface area (Å²) in [6.07, 6.45) is -5.24. The van der Waals surface area contributed by atoms with Crippen LogP contribution in [0, 0.1) is 0 Å². The van der Waals surface area contributed by atoms with Gasteiger partial charge >= 0.3 is 29.8 Å². The summed E-state index contributed by atoms with van der Waals surface area (Å²) in [6, 6.07) is 10.3. The van der Waals surface area contributed by atoms with Gasteiger partial charge in [-0.2, -0.15) is 0 Å². The fourth-order valence-electron chi connectivity index (χ4n) is 5.99. The van der Waals surface area contributed by atoms with E-state index in [4.69, 9.17) is 40.0 Å². The Balaban J connectivity index is 1.56. The SMILES string of the molecule is COC(=O)[C@H]1O[C@@H](OC(=O)c2cn(C(C)=O)c3cc(Cl)c(-c4ccc(C5(O)CCC5)cc4)cc23)[C@H](OC(C)=O)[C@@H](OC(C)=O)[C@@H]1OC(C)=O. The number of ether oxygens (including phenoxy) is 6. The van der Waals surface area contributed by atoms with Crippen LogP contribution >= 0.6 is 11.6 Å². The first-order chi connectivity index (χ1) is 23.1. The summed E-state index contributed by atoms with van der Waals surface area (Å²) in [5.74, 6) is -5.32. The smallest absolute Gasteiger partial charge is 0.342 e. The van der Waals surface area contributed by atoms with Crippen molar-refractivity contribution >= 4 is 58.3 Å². The summed E-state index contributed by atoms with van der Waals surface area (Å²) in [7, 11) is 1.03. The Morgan fingerprint density at radius 2 is 1.45 bits per heavy atom. The Kier molecular flexibility index (Phi) is 10.1. The number of esters is 5. The fraction of sp³-hybridized carbons (Fsp3) is 0.412. The summed E-state index contributed by atoms with van der Waals surface area (Å²) in [5, 5.41) is 11.3. The summed E-state index contributed by atoms with van der Waals surface area (Å²) >= 11 is 6.68. The molecule has 3 aromatic rings. The van der Waals surface area contributed by atoms with E-state index in [0.717, 1.165) is 39.9 Å². The van der Waals surface area contributed by atoms with Gasteiger partial charge in [0.1, 0.15) is 0 Å². The highest BCUT2D eigenvalue weighted by molar-refractivity contribution is 6.34. The van der Waals surface area contributed by atoms with E-state index in [1.54, 1.807) is 30.3 Å². The van der Waals surface area contributed by atoms with Gasteiger partial charge in [-0.3, -0.25) is 23.7 Å². The van der Waals surface area contributed by atoms with E-state index in [0.29, 0.717) is 24.0 Å². The van der Waals surface area contributed by atoms with Crippen LogP contribution in [-0.2, 0) is 53.2 Å². The molecule has 0 unspecified atom stereocenters. The Morgan fingerprint density at radius 3 is 1.98 bits per heavy atom. The topological polar surface area (TPSA) is 183 Å². The predicted molar refractivity (Wildman–Crippen MR) is 169 cm³/mol. The van der Waals surface area contributed by atoms with Gasteiger partial charge in [-0.1, -0.05) is 35.9 Å². The number of halogens is 1. The average molecular weight is 700 g/mol. The van der Waals surface area contributed by atoms with E-state index >= 15 is 0 Å². The monoisotopic (exact) mass is 699 g/mol. The number of methoxy groups -OCH3 is 1. The van der Waals surface area contributed by atoms with Gasteiger partial charge in [0.25, 0.3) is 0 Å². The van der Waals surface area contributed by atoms with Crippen molar-refractivity contribution in [2.45, 2.75) is 83.3 Å². The van der Waals surface area contributed by atoms with E-state index < -0.39 is 72.1 Å². The van der Waals surface area contributed by atoms with Crippen LogP contribution in [0.2, 0.25) is 5.02 Å². The van der Waals surface area contributed by atoms with Crippen LogP contribution < -0.4 is 0 Å². The Labute approximate surface area is 285 Å². The molecule has 0 radical (unpaired) electrons. The molecule has 1 N–H and O–H groups in total. The largest absolute Gasteiger partial charge is 0.467 e. The van der Waals surface area contributed by atoms with Gasteiger partial charge in [-0.05, 0) is 42.5 Å². The van der Waals surface area contributed by atoms with Crippen molar-refractivity contribution in [2.24, 2.45) is 0 Å². The Morgan fingerprint density at radius 1 is 0.857 bits per heavy atom. The second-order valence-corrected chi connectivity index (χ2v) is 12.2. The number of aliphatic hydroxyl groups is 1. The molecule has 1 aromatic heterocycles. The fourth-order valence-corrected chi connectivity index (χ4v) is 6.26. The highest BCUT2D eigenvalue weighted by atomic mass is 35.5. The lowest BCUT2D eigenvalue weighted by Crippen LogP contribution is -2.64. The van der Waals surface area contributed by atoms with Crippen molar-refractivity contribution in [1.29, 1.82) is 0 Å². The molecule has 0 spiro atoms. The molecule has 14 nitrogen and oxygen atoms in total. The van der Waals surface area contributed by atoms with Crippen LogP contribution in [0.4, 0.5) is 0 Å². The molecule has 2 aliphatic rings. The third kappa shape index (κ3) is 7.16. The van der Waals surface area contributed by atoms with E-state index in [1.165, 1.54) is 23.8 Å². The maximum atomic E-state index is 13.9. The zero-order valence-corrected chi connectivity index (χ0v) is 28.0. The van der Waals surface area contributed by atoms with Gasteiger partial charge < -0.3 is 33.5 Å². The van der Waals surface area contributed by atoms with Gasteiger partial charge in [0.15, 0.2) is 18.3 Å². The maximum absolute atomic E-state index is 13.9. The molecule has 2 aromatic carbocycles. The van der Waals surface area contributed by atoms with Crippen LogP contribution in [0.25, 0.3) is 22.0 Å². The molecule has 2 heterocycles. The standard InChI is InChI=1S/C34H34ClNO13/c1-16(37)36-15-24(23-13-22(25(35)14-26(23)36)20-7-9-21(10-8-20)34(43)11-6-12-34)31(41)49-33-30(47-19(4)40)28(46-18(3)39)27(45-17(2)38)29(48-33)32(42)44-5/h7-10,13-15,27-30,33,43H,6,11-12H2,1-5H3/t27-,28-,29-,30+,33-/m0/s1. The minimum atomic E-state index is -1.90. The average Bonchev–Trinajstić information content (AvgIpc) is 3.40. The van der Waals surface area contributed by atoms with Crippen molar-refractivity contribution in [1.82, 2.24) is 4.57 Å². The number of carbonyl (C=O) groups is 6. The summed E-state index contributed by atoms with van der Waals surface area (Å²) in [4.78, 5) is 75.6. The zero-order chi connectivity index (χ0) is 35.8. The quantitative estimate of drug-likeness (QED) is 0.265. The summed E-state index contributed by atoms with van der Waals surface area (Å²) < 4.78 is 33.3. The van der Waals surface area contributed by atoms with E-state index in [2.05, 4.69) is 0 Å². The highest BCUT2D eigenvalue weighted by Gasteiger charge is 2.56. The van der Waals surface area contributed by atoms with Crippen LogP contribution in [0.3, 0.4) is 0 Å². The molecule has 5 atom stereocenters. The number of rotatable bonds is 8. The van der Waals surface area contributed by atoms with Crippen molar-refractivity contribution in [3.8, 4) is 11.1 Å². The number of aromatic nitrogens is 1. The molecule has 1 saturated carbocycles. The van der Waals surface area contributed by atoms with Crippen molar-refractivity contribution < 1.29 is 62.3 Å². The van der Waals surface area contributed by atoms with Gasteiger partial charge in [0.05, 0.1) is 28.8 Å². The second kappa shape index (κ2) is 14.0. The minimum Gasteiger partial charge on any atom is -0.467 e. The molecule has 260 valence electrons. The zero-order valence-electron chi connectivity index (χ0n) is 27.2. The molecule has 0 bridgehead atoms. The molecule has 0 amide bonds. The molecular formula is C34H34ClNO13. The third-order valence-electron chi connectivity index (χ3n) is 8.42. The molecule has 49 heavy (non-hydrogen) atoms. The molecule has 1 aliphatic heterocycles. The number of fused-ring (bicyclic) bond motifs is 1. The van der Waals surface area contributed by atoms with Crippen molar-refractivity contribution in [2.75, 3.05) is 7.11 Å². The van der Waals surface area contributed by atoms with Crippen molar-refractivity contribution in [3.05, 3.63) is 58.7 Å². The second-order valence-electron chi connectivity index (χ2n) is 11.8. The van der Waals surface area contributed by atoms with E-state index in [-0.39, 0.29) is 21.5 Å². The predicted octanol–water partition coefficient (Wildman–Crippen LogP) is 3.84. The molecule has 5 rings (SSSR count). The molecule has 2 fully saturated rings. The summed E-state index contributed by atoms with van der Waals surface area (Å²) in [6.45, 7) is 4.37. The summed E-state index contributed by atoms with van der Waals surface area (Å²) in [5.41, 5.74) is 1.22. The molecule has 1 aliphatic carbocycles. The number of hydrogen-bond donors (Lipinski definition) is 1. The Bertz CT molecular complexity index is 1830. The lowest BCUT2D eigenvalue weighted by molar-refractivity contribution is -0.288. The third-order valence-corrected chi connectivity index (χ3v) is 8.74. The first-order valence-corrected chi connectivity index (χ1v) is 15.7. The lowest BCUT2D eigenvalue weighted by atomic mass is 9.75. The Hall–Kier alpha value is -4.79. The normalized spacial score (nSPS) is 22.7. The van der Waals surface area contributed by atoms with Gasteiger partial charge in [-0.25, -0.2) is 9.59 Å². The minimum absolute atomic E-state index is 0.130. The van der Waals surface area contributed by atoms with E-state index in [9.17, 15) is 33.9 Å².